The van der Waals surface area contributed by atoms with Crippen molar-refractivity contribution in [3.63, 3.8) is 0 Å². The van der Waals surface area contributed by atoms with E-state index in [1.165, 1.54) is 24.3 Å². The van der Waals surface area contributed by atoms with E-state index in [1.807, 2.05) is 0 Å². The van der Waals surface area contributed by atoms with Crippen LogP contribution < -0.4 is 18.9 Å². The van der Waals surface area contributed by atoms with Gasteiger partial charge in [0, 0.05) is 41.2 Å². The molecule has 0 aromatic heterocycles. The number of benzene rings is 3. The third-order valence-electron chi connectivity index (χ3n) is 6.91. The number of carboxylic acids is 1. The number of aliphatic hydroxyl groups is 1. The van der Waals surface area contributed by atoms with Gasteiger partial charge in [-0.15, -0.1) is 0 Å². The molecule has 1 aliphatic carbocycles. The van der Waals surface area contributed by atoms with E-state index >= 15 is 0 Å². The Balaban J connectivity index is 1.29. The van der Waals surface area contributed by atoms with Crippen molar-refractivity contribution in [2.24, 2.45) is 0 Å². The first-order valence-electron chi connectivity index (χ1n) is 12.9. The first kappa shape index (κ1) is 26.7. The van der Waals surface area contributed by atoms with Crippen LogP contribution in [0.1, 0.15) is 61.8 Å². The van der Waals surface area contributed by atoms with Gasteiger partial charge in [-0.05, 0) is 57.0 Å². The highest BCUT2D eigenvalue weighted by molar-refractivity contribution is 5.68. The van der Waals surface area contributed by atoms with Crippen molar-refractivity contribution in [3.8, 4) is 28.7 Å². The number of fused-ring (bicyclic) bond motifs is 2. The molecule has 3 aromatic carbocycles. The molecule has 2 atom stereocenters. The zero-order valence-electron chi connectivity index (χ0n) is 21.7. The molecule has 0 bridgehead atoms. The van der Waals surface area contributed by atoms with Gasteiger partial charge in [0.25, 0.3) is 0 Å². The molecule has 0 fully saturated rings. The monoisotopic (exact) mass is 540 g/mol. The smallest absolute Gasteiger partial charge is 0.304 e. The second-order valence-electron chi connectivity index (χ2n) is 10.5. The molecule has 1 aliphatic heterocycles. The summed E-state index contributed by atoms with van der Waals surface area (Å²) >= 11 is 0. The SMILES string of the molecule is CC(C)(O)CCOc1ccc(Oc2ccc(F)c3c2CC[C@H]3Oc2ccc3c(c2)OC[C@H]3CC(=O)O)cc1F. The van der Waals surface area contributed by atoms with Gasteiger partial charge in [0.1, 0.15) is 34.9 Å². The predicted octanol–water partition coefficient (Wildman–Crippen LogP) is 6.31. The lowest BCUT2D eigenvalue weighted by Crippen LogP contribution is -2.21. The van der Waals surface area contributed by atoms with Gasteiger partial charge < -0.3 is 29.2 Å². The van der Waals surface area contributed by atoms with E-state index in [2.05, 4.69) is 0 Å². The van der Waals surface area contributed by atoms with Gasteiger partial charge in [0.05, 0.1) is 25.2 Å². The lowest BCUT2D eigenvalue weighted by molar-refractivity contribution is -0.137. The fourth-order valence-corrected chi connectivity index (χ4v) is 4.93. The van der Waals surface area contributed by atoms with E-state index in [9.17, 15) is 18.7 Å². The van der Waals surface area contributed by atoms with Crippen molar-refractivity contribution in [2.45, 2.75) is 57.2 Å². The summed E-state index contributed by atoms with van der Waals surface area (Å²) < 4.78 is 52.8. The van der Waals surface area contributed by atoms with Gasteiger partial charge in [-0.3, -0.25) is 4.79 Å². The maximum Gasteiger partial charge on any atom is 0.304 e. The molecule has 0 saturated heterocycles. The topological polar surface area (TPSA) is 94.5 Å². The molecule has 3 aromatic rings. The average Bonchev–Trinajstić information content (AvgIpc) is 3.46. The Morgan fingerprint density at radius 2 is 1.82 bits per heavy atom. The number of halogens is 2. The third-order valence-corrected chi connectivity index (χ3v) is 6.91. The normalized spacial score (nSPS) is 17.8. The van der Waals surface area contributed by atoms with Gasteiger partial charge >= 0.3 is 5.97 Å². The molecule has 0 radical (unpaired) electrons. The Kier molecular flexibility index (Phi) is 7.36. The van der Waals surface area contributed by atoms with Crippen molar-refractivity contribution in [3.05, 3.63) is 76.9 Å². The van der Waals surface area contributed by atoms with Crippen LogP contribution in [0.5, 0.6) is 28.7 Å². The highest BCUT2D eigenvalue weighted by atomic mass is 19.1. The second-order valence-corrected chi connectivity index (χ2v) is 10.5. The van der Waals surface area contributed by atoms with Gasteiger partial charge in [-0.2, -0.15) is 0 Å². The maximum atomic E-state index is 15.0. The number of ether oxygens (including phenoxy) is 4. The molecule has 7 nitrogen and oxygen atoms in total. The molecular formula is C30H30F2O7. The second kappa shape index (κ2) is 10.7. The molecular weight excluding hydrogens is 510 g/mol. The third kappa shape index (κ3) is 6.09. The summed E-state index contributed by atoms with van der Waals surface area (Å²) in [4.78, 5) is 11.1. The van der Waals surface area contributed by atoms with E-state index in [0.717, 1.165) is 5.56 Å². The van der Waals surface area contributed by atoms with Gasteiger partial charge in [-0.1, -0.05) is 6.07 Å². The van der Waals surface area contributed by atoms with Crippen LogP contribution >= 0.6 is 0 Å². The fourth-order valence-electron chi connectivity index (χ4n) is 4.93. The minimum absolute atomic E-state index is 0.0150. The van der Waals surface area contributed by atoms with Crippen LogP contribution in [0, 0.1) is 11.6 Å². The van der Waals surface area contributed by atoms with E-state index < -0.39 is 29.3 Å². The molecule has 0 unspecified atom stereocenters. The molecule has 1 heterocycles. The number of carboxylic acid groups (broad SMARTS) is 1. The molecule has 0 saturated carbocycles. The summed E-state index contributed by atoms with van der Waals surface area (Å²) in [6, 6.07) is 12.3. The summed E-state index contributed by atoms with van der Waals surface area (Å²) in [7, 11) is 0. The van der Waals surface area contributed by atoms with Crippen LogP contribution in [0.4, 0.5) is 8.78 Å². The minimum Gasteiger partial charge on any atom is -0.492 e. The van der Waals surface area contributed by atoms with Gasteiger partial charge in [0.2, 0.25) is 0 Å². The van der Waals surface area contributed by atoms with E-state index in [0.29, 0.717) is 54.2 Å². The number of rotatable bonds is 10. The molecule has 9 heteroatoms. The zero-order valence-corrected chi connectivity index (χ0v) is 21.7. The predicted molar refractivity (Wildman–Crippen MR) is 138 cm³/mol. The maximum absolute atomic E-state index is 15.0. The summed E-state index contributed by atoms with van der Waals surface area (Å²) in [6.45, 7) is 3.76. The van der Waals surface area contributed by atoms with Crippen LogP contribution in [0.3, 0.4) is 0 Å². The lowest BCUT2D eigenvalue weighted by Gasteiger charge is -2.18. The zero-order chi connectivity index (χ0) is 27.7. The van der Waals surface area contributed by atoms with Crippen LogP contribution in [-0.4, -0.2) is 35.0 Å². The fraction of sp³-hybridized carbons (Fsp3) is 0.367. The molecule has 2 N–H and O–H groups in total. The Labute approximate surface area is 224 Å². The van der Waals surface area contributed by atoms with Crippen molar-refractivity contribution < 1.29 is 42.7 Å². The molecule has 0 spiro atoms. The van der Waals surface area contributed by atoms with E-state index in [4.69, 9.17) is 24.1 Å². The Bertz CT molecular complexity index is 1380. The molecule has 39 heavy (non-hydrogen) atoms. The Morgan fingerprint density at radius 3 is 2.56 bits per heavy atom. The van der Waals surface area contributed by atoms with Gasteiger partial charge in [-0.25, -0.2) is 8.78 Å². The van der Waals surface area contributed by atoms with Crippen molar-refractivity contribution in [1.29, 1.82) is 0 Å². The lowest BCUT2D eigenvalue weighted by atomic mass is 9.98. The molecule has 2 aliphatic rings. The van der Waals surface area contributed by atoms with Gasteiger partial charge in [0.15, 0.2) is 11.6 Å². The average molecular weight is 541 g/mol. The number of aliphatic carboxylic acids is 1. The van der Waals surface area contributed by atoms with Crippen molar-refractivity contribution >= 4 is 5.97 Å². The van der Waals surface area contributed by atoms with Crippen molar-refractivity contribution in [2.75, 3.05) is 13.2 Å². The summed E-state index contributed by atoms with van der Waals surface area (Å²) in [5.41, 5.74) is 0.956. The number of hydrogen-bond donors (Lipinski definition) is 2. The number of hydrogen-bond acceptors (Lipinski definition) is 6. The van der Waals surface area contributed by atoms with Crippen LogP contribution in [0.25, 0.3) is 0 Å². The van der Waals surface area contributed by atoms with E-state index in [1.54, 1.807) is 38.1 Å². The Morgan fingerprint density at radius 1 is 1.05 bits per heavy atom. The standard InChI is InChI=1S/C30H30F2O7/c1-30(2,35)11-12-36-25-8-4-18(14-23(25)32)38-24-10-7-22(31)29-21(24)6-9-26(29)39-19-3-5-20-17(13-28(33)34)16-37-27(20)15-19/h3-5,7-8,10,14-15,17,26,35H,6,9,11-13,16H2,1-2H3,(H,33,34)/t17-,26-/m1/s1. The highest BCUT2D eigenvalue weighted by Crippen LogP contribution is 2.44. The van der Waals surface area contributed by atoms with Crippen LogP contribution in [0.2, 0.25) is 0 Å². The van der Waals surface area contributed by atoms with Crippen molar-refractivity contribution in [1.82, 2.24) is 0 Å². The van der Waals surface area contributed by atoms with Crippen LogP contribution in [0.15, 0.2) is 48.5 Å². The highest BCUT2D eigenvalue weighted by Gasteiger charge is 2.32. The first-order chi connectivity index (χ1) is 18.6. The summed E-state index contributed by atoms with van der Waals surface area (Å²) in [5.74, 6) is -0.338. The number of carbonyl (C=O) groups is 1. The minimum atomic E-state index is -0.913. The van der Waals surface area contributed by atoms with E-state index in [-0.39, 0.29) is 30.4 Å². The summed E-state index contributed by atoms with van der Waals surface area (Å²) in [5, 5.41) is 18.9. The largest absolute Gasteiger partial charge is 0.492 e. The molecule has 0 amide bonds. The van der Waals surface area contributed by atoms with Crippen LogP contribution in [-0.2, 0) is 11.2 Å². The molecule has 206 valence electrons. The Hall–Kier alpha value is -3.85. The summed E-state index contributed by atoms with van der Waals surface area (Å²) in [6.07, 6.45) is 0.809. The molecule has 5 rings (SSSR count). The first-order valence-corrected chi connectivity index (χ1v) is 12.9. The quantitative estimate of drug-likeness (QED) is 0.311.